The molecule has 12 heteroatoms. The fraction of sp³-hybridized carbons (Fsp3) is 0.294. The van der Waals surface area contributed by atoms with E-state index in [1.54, 1.807) is 18.2 Å². The van der Waals surface area contributed by atoms with Gasteiger partial charge in [-0.05, 0) is 17.7 Å². The van der Waals surface area contributed by atoms with Crippen molar-refractivity contribution >= 4 is 27.5 Å². The van der Waals surface area contributed by atoms with Gasteiger partial charge in [0.05, 0.1) is 31.4 Å². The van der Waals surface area contributed by atoms with Crippen molar-refractivity contribution in [2.45, 2.75) is 16.3 Å². The number of primary sulfonamides is 1. The summed E-state index contributed by atoms with van der Waals surface area (Å²) in [6.45, 7) is -0.578. The average molecular weight is 452 g/mol. The molecule has 29 heavy (non-hydrogen) atoms. The van der Waals surface area contributed by atoms with Crippen LogP contribution in [0.3, 0.4) is 0 Å². The van der Waals surface area contributed by atoms with Gasteiger partial charge in [-0.3, -0.25) is 0 Å². The number of nitrogens with one attached hydrogen (secondary N) is 1. The Bertz CT molecular complexity index is 1000. The Morgan fingerprint density at radius 3 is 2.31 bits per heavy atom. The number of hydrogen-bond donors (Lipinski definition) is 3. The van der Waals surface area contributed by atoms with Crippen LogP contribution in [0.2, 0.25) is 0 Å². The lowest BCUT2D eigenvalue weighted by atomic mass is 10.2. The summed E-state index contributed by atoms with van der Waals surface area (Å²) in [6.07, 6.45) is 0. The maximum absolute atomic E-state index is 14.9. The van der Waals surface area contributed by atoms with Crippen LogP contribution in [0, 0.1) is 17.5 Å². The highest BCUT2D eigenvalue weighted by Gasteiger charge is 2.31. The van der Waals surface area contributed by atoms with Gasteiger partial charge in [0.1, 0.15) is 4.90 Å². The molecule has 2 aromatic rings. The Hall–Kier alpha value is -2.15. The molecule has 0 fully saturated rings. The number of anilines is 1. The molecular weight excluding hydrogens is 433 g/mol. The first-order valence-electron chi connectivity index (χ1n) is 8.07. The SMILES string of the molecule is COc1ccc(CNc2c(F)c(SCCO)c(F)c(F)c2S(N)(=O)=O)cc1OC. The van der Waals surface area contributed by atoms with E-state index in [-0.39, 0.29) is 12.3 Å². The Balaban J connectivity index is 2.51. The molecule has 4 N–H and O–H groups in total. The lowest BCUT2D eigenvalue weighted by Gasteiger charge is -2.17. The summed E-state index contributed by atoms with van der Waals surface area (Å²) >= 11 is 0.502. The molecule has 0 atom stereocenters. The van der Waals surface area contributed by atoms with Crippen LogP contribution in [0.25, 0.3) is 0 Å². The van der Waals surface area contributed by atoms with Crippen molar-refractivity contribution in [1.82, 2.24) is 0 Å². The lowest BCUT2D eigenvalue weighted by Crippen LogP contribution is -2.20. The predicted octanol–water partition coefficient (Wildman–Crippen LogP) is 2.47. The molecule has 0 aromatic heterocycles. The Labute approximate surface area is 170 Å². The minimum Gasteiger partial charge on any atom is -0.493 e. The van der Waals surface area contributed by atoms with Gasteiger partial charge in [0.25, 0.3) is 0 Å². The molecule has 2 rings (SSSR count). The quantitative estimate of drug-likeness (QED) is 0.396. The highest BCUT2D eigenvalue weighted by atomic mass is 32.2. The van der Waals surface area contributed by atoms with Crippen molar-refractivity contribution in [3.05, 3.63) is 41.2 Å². The summed E-state index contributed by atoms with van der Waals surface area (Å²) in [6, 6.07) is 4.70. The molecule has 0 bridgehead atoms. The van der Waals surface area contributed by atoms with Crippen LogP contribution >= 0.6 is 11.8 Å². The van der Waals surface area contributed by atoms with Crippen molar-refractivity contribution in [2.75, 3.05) is 31.9 Å². The van der Waals surface area contributed by atoms with Gasteiger partial charge in [-0.15, -0.1) is 11.8 Å². The van der Waals surface area contributed by atoms with E-state index in [4.69, 9.17) is 19.7 Å². The average Bonchev–Trinajstić information content (AvgIpc) is 2.68. The maximum Gasteiger partial charge on any atom is 0.243 e. The zero-order valence-electron chi connectivity index (χ0n) is 15.5. The van der Waals surface area contributed by atoms with Crippen molar-refractivity contribution in [1.29, 1.82) is 0 Å². The fourth-order valence-electron chi connectivity index (χ4n) is 2.50. The molecule has 0 heterocycles. The first kappa shape index (κ1) is 23.1. The van der Waals surface area contributed by atoms with Gasteiger partial charge in [-0.2, -0.15) is 0 Å². The lowest BCUT2D eigenvalue weighted by molar-refractivity contribution is 0.322. The zero-order valence-corrected chi connectivity index (χ0v) is 17.1. The van der Waals surface area contributed by atoms with E-state index in [0.717, 1.165) is 0 Å². The van der Waals surface area contributed by atoms with Crippen LogP contribution in [0.4, 0.5) is 18.9 Å². The molecule has 0 radical (unpaired) electrons. The van der Waals surface area contributed by atoms with E-state index < -0.39 is 49.6 Å². The number of methoxy groups -OCH3 is 2. The van der Waals surface area contributed by atoms with E-state index in [1.165, 1.54) is 14.2 Å². The number of rotatable bonds is 9. The number of aliphatic hydroxyl groups is 1. The monoisotopic (exact) mass is 452 g/mol. The van der Waals surface area contributed by atoms with Crippen LogP contribution < -0.4 is 19.9 Å². The van der Waals surface area contributed by atoms with Crippen LogP contribution in [0.15, 0.2) is 28.0 Å². The molecule has 0 aliphatic carbocycles. The van der Waals surface area contributed by atoms with Crippen LogP contribution in [0.1, 0.15) is 5.56 Å². The number of nitrogens with two attached hydrogens (primary N) is 1. The minimum absolute atomic E-state index is 0.128. The van der Waals surface area contributed by atoms with E-state index in [9.17, 15) is 21.6 Å². The maximum atomic E-state index is 14.9. The first-order valence-corrected chi connectivity index (χ1v) is 10.6. The molecule has 0 saturated heterocycles. The third kappa shape index (κ3) is 5.07. The van der Waals surface area contributed by atoms with Gasteiger partial charge in [-0.1, -0.05) is 6.07 Å². The highest BCUT2D eigenvalue weighted by molar-refractivity contribution is 7.99. The predicted molar refractivity (Wildman–Crippen MR) is 102 cm³/mol. The Kier molecular flexibility index (Phi) is 7.63. The van der Waals surface area contributed by atoms with E-state index in [1.807, 2.05) is 0 Å². The second-order valence-electron chi connectivity index (χ2n) is 5.64. The number of benzene rings is 2. The summed E-state index contributed by atoms with van der Waals surface area (Å²) in [7, 11) is -1.94. The van der Waals surface area contributed by atoms with Gasteiger partial charge < -0.3 is 19.9 Å². The second-order valence-corrected chi connectivity index (χ2v) is 8.24. The third-order valence-electron chi connectivity index (χ3n) is 3.78. The minimum atomic E-state index is -4.80. The van der Waals surface area contributed by atoms with Crippen molar-refractivity contribution in [2.24, 2.45) is 5.14 Å². The van der Waals surface area contributed by atoms with Gasteiger partial charge in [0, 0.05) is 12.3 Å². The zero-order chi connectivity index (χ0) is 21.8. The summed E-state index contributed by atoms with van der Waals surface area (Å²) in [4.78, 5) is -2.08. The van der Waals surface area contributed by atoms with Gasteiger partial charge in [-0.25, -0.2) is 26.7 Å². The van der Waals surface area contributed by atoms with Crippen LogP contribution in [-0.2, 0) is 16.6 Å². The molecule has 0 unspecified atom stereocenters. The highest BCUT2D eigenvalue weighted by Crippen LogP contribution is 2.37. The first-order chi connectivity index (χ1) is 13.6. The number of thioether (sulfide) groups is 1. The molecule has 0 saturated carbocycles. The summed E-state index contributed by atoms with van der Waals surface area (Å²) in [5, 5.41) is 16.3. The van der Waals surface area contributed by atoms with E-state index in [0.29, 0.717) is 28.8 Å². The summed E-state index contributed by atoms with van der Waals surface area (Å²) in [5.41, 5.74) is -0.293. The fourth-order valence-corrected chi connectivity index (χ4v) is 4.03. The molecule has 7 nitrogen and oxygen atoms in total. The number of ether oxygens (including phenoxy) is 2. The standard InChI is InChI=1S/C17H19F3N2O5S2/c1-26-10-4-3-9(7-11(10)27-2)8-22-15-14(20)16(28-6-5-23)12(18)13(19)17(15)29(21,24)25/h3-4,7,22-23H,5-6,8H2,1-2H3,(H2,21,24,25). The van der Waals surface area contributed by atoms with E-state index >= 15 is 0 Å². The van der Waals surface area contributed by atoms with Gasteiger partial charge in [0.15, 0.2) is 29.0 Å². The Morgan fingerprint density at radius 1 is 1.10 bits per heavy atom. The van der Waals surface area contributed by atoms with Crippen molar-refractivity contribution in [3.8, 4) is 11.5 Å². The number of halogens is 3. The number of sulfonamides is 1. The van der Waals surface area contributed by atoms with Gasteiger partial charge in [0.2, 0.25) is 10.0 Å². The van der Waals surface area contributed by atoms with E-state index in [2.05, 4.69) is 5.32 Å². The molecule has 2 aromatic carbocycles. The van der Waals surface area contributed by atoms with Crippen molar-refractivity contribution < 1.29 is 36.2 Å². The topological polar surface area (TPSA) is 111 Å². The second kappa shape index (κ2) is 9.57. The number of hydrogen-bond acceptors (Lipinski definition) is 7. The van der Waals surface area contributed by atoms with Gasteiger partial charge >= 0.3 is 0 Å². The molecule has 0 amide bonds. The molecule has 0 aliphatic heterocycles. The third-order valence-corrected chi connectivity index (χ3v) is 5.76. The molecule has 0 aliphatic rings. The molecule has 0 spiro atoms. The normalized spacial score (nSPS) is 11.4. The summed E-state index contributed by atoms with van der Waals surface area (Å²) < 4.78 is 77.3. The van der Waals surface area contributed by atoms with Crippen LogP contribution in [0.5, 0.6) is 11.5 Å². The Morgan fingerprint density at radius 2 is 1.76 bits per heavy atom. The van der Waals surface area contributed by atoms with Crippen molar-refractivity contribution in [3.63, 3.8) is 0 Å². The smallest absolute Gasteiger partial charge is 0.243 e. The molecule has 160 valence electrons. The number of aliphatic hydroxyl groups excluding tert-OH is 1. The molecular formula is C17H19F3N2O5S2. The largest absolute Gasteiger partial charge is 0.493 e. The van der Waals surface area contributed by atoms with Crippen LogP contribution in [-0.4, -0.2) is 40.1 Å². The summed E-state index contributed by atoms with van der Waals surface area (Å²) in [5.74, 6) is -4.15.